The van der Waals surface area contributed by atoms with Gasteiger partial charge in [-0.1, -0.05) is 18.6 Å². The van der Waals surface area contributed by atoms with Gasteiger partial charge < -0.3 is 14.5 Å². The largest absolute Gasteiger partial charge is 0.497 e. The number of methoxy groups -OCH3 is 1. The molecule has 2 atom stereocenters. The highest BCUT2D eigenvalue weighted by Crippen LogP contribution is 2.31. The number of benzene rings is 2. The predicted octanol–water partition coefficient (Wildman–Crippen LogP) is 3.98. The fraction of sp³-hybridized carbons (Fsp3) is 0.417. The third-order valence-corrected chi connectivity index (χ3v) is 6.18. The van der Waals surface area contributed by atoms with E-state index in [0.29, 0.717) is 19.6 Å². The molecule has 6 heteroatoms. The Labute approximate surface area is 176 Å². The molecule has 0 spiro atoms. The van der Waals surface area contributed by atoms with E-state index in [0.717, 1.165) is 36.3 Å². The molecule has 4 rings (SSSR count). The maximum atomic E-state index is 13.3. The summed E-state index contributed by atoms with van der Waals surface area (Å²) in [5.74, 6) is 0.382. The van der Waals surface area contributed by atoms with Gasteiger partial charge in [0.05, 0.1) is 13.0 Å². The Morgan fingerprint density at radius 1 is 1.03 bits per heavy atom. The first-order valence-electron chi connectivity index (χ1n) is 10.5. The van der Waals surface area contributed by atoms with Crippen LogP contribution in [0.25, 0.3) is 0 Å². The topological polar surface area (TPSA) is 49.9 Å². The molecule has 0 aliphatic carbocycles. The van der Waals surface area contributed by atoms with Gasteiger partial charge >= 0.3 is 0 Å². The maximum Gasteiger partial charge on any atom is 0.228 e. The van der Waals surface area contributed by atoms with E-state index in [4.69, 9.17) is 4.74 Å². The molecule has 0 aromatic heterocycles. The van der Waals surface area contributed by atoms with E-state index in [1.165, 1.54) is 12.1 Å². The van der Waals surface area contributed by atoms with E-state index in [9.17, 15) is 14.0 Å². The average Bonchev–Trinajstić information content (AvgIpc) is 2.99. The standard InChI is InChI=1S/C24H27FN2O3/c1-30-22-11-9-21(10-12-22)27-16-19(14-23(27)28)24(29)26-13-3-2-4-18(15-26)17-5-7-20(25)8-6-17/h5-12,18-19H,2-4,13-16H2,1H3/t18-,19-/m0/s1. The minimum Gasteiger partial charge on any atom is -0.497 e. The van der Waals surface area contributed by atoms with Gasteiger partial charge in [0.15, 0.2) is 0 Å². The van der Waals surface area contributed by atoms with Crippen LogP contribution >= 0.6 is 0 Å². The Bertz CT molecular complexity index is 898. The monoisotopic (exact) mass is 410 g/mol. The van der Waals surface area contributed by atoms with E-state index >= 15 is 0 Å². The van der Waals surface area contributed by atoms with Gasteiger partial charge in [-0.05, 0) is 54.8 Å². The summed E-state index contributed by atoms with van der Waals surface area (Å²) >= 11 is 0. The second-order valence-corrected chi connectivity index (χ2v) is 8.13. The molecule has 30 heavy (non-hydrogen) atoms. The third-order valence-electron chi connectivity index (χ3n) is 6.18. The number of ether oxygens (including phenoxy) is 1. The van der Waals surface area contributed by atoms with Crippen LogP contribution in [0.15, 0.2) is 48.5 Å². The van der Waals surface area contributed by atoms with Crippen molar-refractivity contribution in [2.24, 2.45) is 5.92 Å². The van der Waals surface area contributed by atoms with Crippen molar-refractivity contribution < 1.29 is 18.7 Å². The summed E-state index contributed by atoms with van der Waals surface area (Å²) in [4.78, 5) is 29.5. The second kappa shape index (κ2) is 8.86. The smallest absolute Gasteiger partial charge is 0.228 e. The molecule has 0 bridgehead atoms. The zero-order valence-electron chi connectivity index (χ0n) is 17.2. The number of carbonyl (C=O) groups excluding carboxylic acids is 2. The van der Waals surface area contributed by atoms with Gasteiger partial charge in [-0.25, -0.2) is 4.39 Å². The van der Waals surface area contributed by atoms with Gasteiger partial charge in [0, 0.05) is 37.7 Å². The SMILES string of the molecule is COc1ccc(N2C[C@@H](C(=O)N3CCCC[C@H](c4ccc(F)cc4)C3)CC2=O)cc1. The normalized spacial score (nSPS) is 22.1. The van der Waals surface area contributed by atoms with Crippen LogP contribution in [0.3, 0.4) is 0 Å². The van der Waals surface area contributed by atoms with Crippen molar-refractivity contribution in [1.29, 1.82) is 0 Å². The van der Waals surface area contributed by atoms with E-state index < -0.39 is 0 Å². The number of likely N-dealkylation sites (tertiary alicyclic amines) is 1. The zero-order chi connectivity index (χ0) is 21.1. The average molecular weight is 410 g/mol. The first-order valence-corrected chi connectivity index (χ1v) is 10.5. The molecule has 2 aliphatic heterocycles. The summed E-state index contributed by atoms with van der Waals surface area (Å²) in [6.45, 7) is 1.74. The summed E-state index contributed by atoms with van der Waals surface area (Å²) in [5, 5.41) is 0. The molecule has 0 unspecified atom stereocenters. The molecular formula is C24H27FN2O3. The Morgan fingerprint density at radius 3 is 2.47 bits per heavy atom. The first-order chi connectivity index (χ1) is 14.5. The lowest BCUT2D eigenvalue weighted by molar-refractivity contribution is -0.135. The lowest BCUT2D eigenvalue weighted by Gasteiger charge is -2.27. The summed E-state index contributed by atoms with van der Waals surface area (Å²) in [6.07, 6.45) is 3.21. The Hall–Kier alpha value is -2.89. The highest BCUT2D eigenvalue weighted by atomic mass is 19.1. The molecule has 2 fully saturated rings. The molecular weight excluding hydrogens is 383 g/mol. The van der Waals surface area contributed by atoms with Gasteiger partial charge in [-0.2, -0.15) is 0 Å². The van der Waals surface area contributed by atoms with Crippen LogP contribution in [0, 0.1) is 11.7 Å². The summed E-state index contributed by atoms with van der Waals surface area (Å²) in [7, 11) is 1.60. The van der Waals surface area contributed by atoms with Crippen molar-refractivity contribution in [2.75, 3.05) is 31.6 Å². The Balaban J connectivity index is 1.45. The number of hydrogen-bond donors (Lipinski definition) is 0. The highest BCUT2D eigenvalue weighted by molar-refractivity contribution is 6.00. The third kappa shape index (κ3) is 4.32. The second-order valence-electron chi connectivity index (χ2n) is 8.13. The van der Waals surface area contributed by atoms with Gasteiger partial charge in [-0.15, -0.1) is 0 Å². The number of carbonyl (C=O) groups is 2. The van der Waals surface area contributed by atoms with Crippen molar-refractivity contribution in [1.82, 2.24) is 4.90 Å². The molecule has 2 heterocycles. The Kier molecular flexibility index (Phi) is 6.02. The van der Waals surface area contributed by atoms with E-state index in [1.54, 1.807) is 12.0 Å². The van der Waals surface area contributed by atoms with Crippen LogP contribution in [0.4, 0.5) is 10.1 Å². The van der Waals surface area contributed by atoms with E-state index in [2.05, 4.69) is 0 Å². The number of halogens is 1. The van der Waals surface area contributed by atoms with Gasteiger partial charge in [0.1, 0.15) is 11.6 Å². The van der Waals surface area contributed by atoms with Crippen molar-refractivity contribution in [3.05, 3.63) is 59.9 Å². The van der Waals surface area contributed by atoms with Gasteiger partial charge in [0.2, 0.25) is 11.8 Å². The molecule has 2 saturated heterocycles. The lowest BCUT2D eigenvalue weighted by Crippen LogP contribution is -2.39. The molecule has 0 N–H and O–H groups in total. The number of hydrogen-bond acceptors (Lipinski definition) is 3. The molecule has 2 aliphatic rings. The van der Waals surface area contributed by atoms with Crippen LogP contribution in [0.2, 0.25) is 0 Å². The van der Waals surface area contributed by atoms with Crippen LogP contribution < -0.4 is 9.64 Å². The molecule has 158 valence electrons. The zero-order valence-corrected chi connectivity index (χ0v) is 17.2. The minimum absolute atomic E-state index is 0.0246. The molecule has 2 aromatic rings. The van der Waals surface area contributed by atoms with Gasteiger partial charge in [0.25, 0.3) is 0 Å². The molecule has 2 aromatic carbocycles. The van der Waals surface area contributed by atoms with Crippen LogP contribution in [0.5, 0.6) is 5.75 Å². The van der Waals surface area contributed by atoms with E-state index in [-0.39, 0.29) is 35.9 Å². The molecule has 0 saturated carbocycles. The van der Waals surface area contributed by atoms with Crippen molar-refractivity contribution >= 4 is 17.5 Å². The van der Waals surface area contributed by atoms with Crippen molar-refractivity contribution in [3.63, 3.8) is 0 Å². The predicted molar refractivity (Wildman–Crippen MR) is 113 cm³/mol. The highest BCUT2D eigenvalue weighted by Gasteiger charge is 2.38. The minimum atomic E-state index is -0.327. The van der Waals surface area contributed by atoms with Crippen molar-refractivity contribution in [3.8, 4) is 5.75 Å². The number of anilines is 1. The quantitative estimate of drug-likeness (QED) is 0.766. The molecule has 2 amide bonds. The summed E-state index contributed by atoms with van der Waals surface area (Å²) in [6, 6.07) is 13.9. The van der Waals surface area contributed by atoms with E-state index in [1.807, 2.05) is 41.3 Å². The van der Waals surface area contributed by atoms with Crippen LogP contribution in [-0.4, -0.2) is 43.5 Å². The fourth-order valence-electron chi connectivity index (χ4n) is 4.49. The lowest BCUT2D eigenvalue weighted by atomic mass is 9.94. The maximum absolute atomic E-state index is 13.3. The number of amides is 2. The summed E-state index contributed by atoms with van der Waals surface area (Å²) in [5.41, 5.74) is 1.86. The molecule has 5 nitrogen and oxygen atoms in total. The van der Waals surface area contributed by atoms with Crippen LogP contribution in [0.1, 0.15) is 37.2 Å². The Morgan fingerprint density at radius 2 is 1.77 bits per heavy atom. The summed E-state index contributed by atoms with van der Waals surface area (Å²) < 4.78 is 18.5. The number of nitrogens with zero attached hydrogens (tertiary/aromatic N) is 2. The fourth-order valence-corrected chi connectivity index (χ4v) is 4.49. The first kappa shape index (κ1) is 20.4. The van der Waals surface area contributed by atoms with Gasteiger partial charge in [-0.3, -0.25) is 9.59 Å². The van der Waals surface area contributed by atoms with Crippen LogP contribution in [-0.2, 0) is 9.59 Å². The number of rotatable bonds is 4. The van der Waals surface area contributed by atoms with Crippen molar-refractivity contribution in [2.45, 2.75) is 31.6 Å². The molecule has 0 radical (unpaired) electrons.